The largest absolute Gasteiger partial charge is 0.461 e. The van der Waals surface area contributed by atoms with Gasteiger partial charge in [0.25, 0.3) is 0 Å². The van der Waals surface area contributed by atoms with E-state index >= 15 is 0 Å². The first-order valence-electron chi connectivity index (χ1n) is 3.76. The lowest BCUT2D eigenvalue weighted by molar-refractivity contribution is 0.579. The molecule has 0 fully saturated rings. The Bertz CT molecular complexity index is 429. The van der Waals surface area contributed by atoms with Crippen molar-refractivity contribution in [1.82, 2.24) is 0 Å². The molecule has 0 atom stereocenters. The summed E-state index contributed by atoms with van der Waals surface area (Å²) in [5.74, 6) is 0.864. The summed E-state index contributed by atoms with van der Waals surface area (Å²) < 4.78 is 5.34. The summed E-state index contributed by atoms with van der Waals surface area (Å²) in [5.41, 5.74) is 0.758. The maximum atomic E-state index is 10.9. The number of fused-ring (bicyclic) bond motifs is 1. The SMILES string of the molecule is Cc1cc2ccc(=O)ccc2o1. The Morgan fingerprint density at radius 2 is 1.92 bits per heavy atom. The summed E-state index contributed by atoms with van der Waals surface area (Å²) in [7, 11) is 0. The van der Waals surface area contributed by atoms with E-state index in [1.807, 2.05) is 13.0 Å². The fourth-order valence-electron chi connectivity index (χ4n) is 1.20. The summed E-state index contributed by atoms with van der Waals surface area (Å²) in [4.78, 5) is 10.9. The number of rotatable bonds is 0. The predicted molar refractivity (Wildman–Crippen MR) is 47.2 cm³/mol. The van der Waals surface area contributed by atoms with E-state index in [-0.39, 0.29) is 5.43 Å². The van der Waals surface area contributed by atoms with Gasteiger partial charge in [-0.15, -0.1) is 0 Å². The van der Waals surface area contributed by atoms with E-state index in [4.69, 9.17) is 4.42 Å². The molecule has 0 N–H and O–H groups in total. The van der Waals surface area contributed by atoms with Crippen LogP contribution in [0.3, 0.4) is 0 Å². The molecular weight excluding hydrogens is 152 g/mol. The van der Waals surface area contributed by atoms with Crippen molar-refractivity contribution in [2.75, 3.05) is 0 Å². The number of furan rings is 1. The highest BCUT2D eigenvalue weighted by Crippen LogP contribution is 2.15. The minimum Gasteiger partial charge on any atom is -0.461 e. The van der Waals surface area contributed by atoms with Crippen LogP contribution in [0.15, 0.2) is 39.5 Å². The molecule has 0 bridgehead atoms. The van der Waals surface area contributed by atoms with E-state index in [1.165, 1.54) is 12.1 Å². The molecule has 60 valence electrons. The molecule has 0 saturated heterocycles. The van der Waals surface area contributed by atoms with E-state index in [0.717, 1.165) is 16.7 Å². The van der Waals surface area contributed by atoms with Crippen LogP contribution in [0.1, 0.15) is 5.76 Å². The van der Waals surface area contributed by atoms with Gasteiger partial charge in [-0.05, 0) is 37.3 Å². The molecule has 0 saturated carbocycles. The molecule has 12 heavy (non-hydrogen) atoms. The number of hydrogen-bond acceptors (Lipinski definition) is 2. The molecule has 2 nitrogen and oxygen atoms in total. The van der Waals surface area contributed by atoms with Crippen LogP contribution in [0, 0.1) is 6.92 Å². The maximum Gasteiger partial charge on any atom is 0.178 e. The molecule has 2 heteroatoms. The fourth-order valence-corrected chi connectivity index (χ4v) is 1.20. The molecule has 0 aliphatic rings. The van der Waals surface area contributed by atoms with Crippen molar-refractivity contribution in [2.24, 2.45) is 0 Å². The van der Waals surface area contributed by atoms with Gasteiger partial charge in [0.2, 0.25) is 0 Å². The van der Waals surface area contributed by atoms with E-state index < -0.39 is 0 Å². The molecule has 0 spiro atoms. The van der Waals surface area contributed by atoms with Gasteiger partial charge in [0.05, 0.1) is 0 Å². The lowest BCUT2D eigenvalue weighted by atomic mass is 10.3. The predicted octanol–water partition coefficient (Wildman–Crippen LogP) is 2.10. The lowest BCUT2D eigenvalue weighted by Gasteiger charge is -1.75. The molecule has 2 rings (SSSR count). The first kappa shape index (κ1) is 7.10. The Balaban J connectivity index is 2.90. The summed E-state index contributed by atoms with van der Waals surface area (Å²) in [6, 6.07) is 8.43. The average Bonchev–Trinajstić information content (AvgIpc) is 2.31. The highest BCUT2D eigenvalue weighted by atomic mass is 16.3. The first-order chi connectivity index (χ1) is 5.75. The second-order valence-electron chi connectivity index (χ2n) is 2.75. The van der Waals surface area contributed by atoms with Crippen molar-refractivity contribution in [3.05, 3.63) is 46.3 Å². The van der Waals surface area contributed by atoms with Crippen molar-refractivity contribution in [1.29, 1.82) is 0 Å². The maximum absolute atomic E-state index is 10.9. The van der Waals surface area contributed by atoms with Crippen LogP contribution in [0.5, 0.6) is 0 Å². The van der Waals surface area contributed by atoms with Gasteiger partial charge < -0.3 is 4.42 Å². The van der Waals surface area contributed by atoms with Gasteiger partial charge in [-0.3, -0.25) is 4.79 Å². The number of aryl methyl sites for hydroxylation is 1. The summed E-state index contributed by atoms with van der Waals surface area (Å²) in [6.45, 7) is 1.89. The van der Waals surface area contributed by atoms with Crippen LogP contribution in [0.25, 0.3) is 11.0 Å². The molecule has 0 aliphatic heterocycles. The van der Waals surface area contributed by atoms with Crippen molar-refractivity contribution in [3.8, 4) is 0 Å². The smallest absolute Gasteiger partial charge is 0.178 e. The highest BCUT2D eigenvalue weighted by molar-refractivity contribution is 5.76. The molecule has 1 aromatic heterocycles. The standard InChI is InChI=1S/C10H8O2/c1-7-6-8-2-3-9(11)4-5-10(8)12-7/h2-6H,1H3. The van der Waals surface area contributed by atoms with Gasteiger partial charge in [-0.1, -0.05) is 0 Å². The molecule has 0 aliphatic carbocycles. The summed E-state index contributed by atoms with van der Waals surface area (Å²) in [6.07, 6.45) is 0. The molecule has 0 radical (unpaired) electrons. The molecular formula is C10H8O2. The monoisotopic (exact) mass is 160 g/mol. The average molecular weight is 160 g/mol. The summed E-state index contributed by atoms with van der Waals surface area (Å²) in [5, 5.41) is 0.967. The molecule has 0 amide bonds. The van der Waals surface area contributed by atoms with Crippen LogP contribution in [-0.4, -0.2) is 0 Å². The van der Waals surface area contributed by atoms with Crippen molar-refractivity contribution in [2.45, 2.75) is 6.92 Å². The van der Waals surface area contributed by atoms with Gasteiger partial charge in [0, 0.05) is 5.39 Å². The van der Waals surface area contributed by atoms with Crippen LogP contribution in [0.2, 0.25) is 0 Å². The van der Waals surface area contributed by atoms with E-state index in [2.05, 4.69) is 0 Å². The van der Waals surface area contributed by atoms with Crippen molar-refractivity contribution < 1.29 is 4.42 Å². The topological polar surface area (TPSA) is 30.2 Å². The van der Waals surface area contributed by atoms with Gasteiger partial charge in [-0.25, -0.2) is 0 Å². The van der Waals surface area contributed by atoms with Crippen LogP contribution in [-0.2, 0) is 0 Å². The minimum absolute atomic E-state index is 0.000877. The zero-order valence-corrected chi connectivity index (χ0v) is 6.70. The molecule has 0 unspecified atom stereocenters. The summed E-state index contributed by atoms with van der Waals surface area (Å²) >= 11 is 0. The minimum atomic E-state index is -0.000877. The zero-order chi connectivity index (χ0) is 8.55. The molecule has 1 aromatic carbocycles. The Hall–Kier alpha value is -1.57. The Labute approximate surface area is 69.4 Å². The number of hydrogen-bond donors (Lipinski definition) is 0. The first-order valence-corrected chi connectivity index (χ1v) is 3.76. The Morgan fingerprint density at radius 3 is 2.75 bits per heavy atom. The third-order valence-electron chi connectivity index (χ3n) is 1.74. The lowest BCUT2D eigenvalue weighted by Crippen LogP contribution is -1.87. The van der Waals surface area contributed by atoms with Crippen LogP contribution < -0.4 is 5.43 Å². The van der Waals surface area contributed by atoms with E-state index in [9.17, 15) is 4.79 Å². The second kappa shape index (κ2) is 2.48. The van der Waals surface area contributed by atoms with Crippen molar-refractivity contribution in [3.63, 3.8) is 0 Å². The Morgan fingerprint density at radius 1 is 1.17 bits per heavy atom. The highest BCUT2D eigenvalue weighted by Gasteiger charge is 1.96. The quantitative estimate of drug-likeness (QED) is 0.590. The normalized spacial score (nSPS) is 10.4. The molecule has 1 heterocycles. The van der Waals surface area contributed by atoms with Crippen LogP contribution in [0.4, 0.5) is 0 Å². The van der Waals surface area contributed by atoms with Gasteiger partial charge in [-0.2, -0.15) is 0 Å². The van der Waals surface area contributed by atoms with E-state index in [0.29, 0.717) is 0 Å². The van der Waals surface area contributed by atoms with E-state index in [1.54, 1.807) is 12.1 Å². The van der Waals surface area contributed by atoms with Crippen LogP contribution >= 0.6 is 0 Å². The van der Waals surface area contributed by atoms with Gasteiger partial charge >= 0.3 is 0 Å². The molecule has 2 aromatic rings. The zero-order valence-electron chi connectivity index (χ0n) is 6.70. The second-order valence-corrected chi connectivity index (χ2v) is 2.75. The third kappa shape index (κ3) is 1.11. The van der Waals surface area contributed by atoms with Gasteiger partial charge in [0.1, 0.15) is 11.3 Å². The fraction of sp³-hybridized carbons (Fsp3) is 0.100. The van der Waals surface area contributed by atoms with Gasteiger partial charge in [0.15, 0.2) is 5.43 Å². The van der Waals surface area contributed by atoms with Crippen molar-refractivity contribution >= 4 is 11.0 Å². The Kier molecular flexibility index (Phi) is 1.47. The third-order valence-corrected chi connectivity index (χ3v) is 1.74.